The molecule has 0 fully saturated rings. The van der Waals surface area contributed by atoms with E-state index in [9.17, 15) is 5.11 Å². The summed E-state index contributed by atoms with van der Waals surface area (Å²) in [4.78, 5) is 0. The van der Waals surface area contributed by atoms with Crippen molar-refractivity contribution in [1.82, 2.24) is 0 Å². The van der Waals surface area contributed by atoms with Crippen LogP contribution in [0.2, 0.25) is 0 Å². The zero-order valence-electron chi connectivity index (χ0n) is 16.3. The van der Waals surface area contributed by atoms with Crippen LogP contribution in [-0.4, -0.2) is 19.5 Å². The fourth-order valence-corrected chi connectivity index (χ4v) is 22.6. The molecule has 0 radical (unpaired) electrons. The van der Waals surface area contributed by atoms with Gasteiger partial charge in [-0.1, -0.05) is 0 Å². The van der Waals surface area contributed by atoms with E-state index in [1.54, 1.807) is 0 Å². The molecule has 1 aliphatic carbocycles. The van der Waals surface area contributed by atoms with Gasteiger partial charge in [-0.2, -0.15) is 0 Å². The van der Waals surface area contributed by atoms with Gasteiger partial charge in [-0.25, -0.2) is 0 Å². The number of hydrogen-bond acceptors (Lipinski definition) is 1. The van der Waals surface area contributed by atoms with Crippen molar-refractivity contribution in [3.05, 3.63) is 105 Å². The van der Waals surface area contributed by atoms with E-state index in [-0.39, 0.29) is 0 Å². The van der Waals surface area contributed by atoms with Gasteiger partial charge in [0.05, 0.1) is 0 Å². The second-order valence-corrected chi connectivity index (χ2v) is 27.3. The average molecular weight is 587 g/mol. The van der Waals surface area contributed by atoms with E-state index in [1.807, 2.05) is 6.07 Å². The second-order valence-electron chi connectivity index (χ2n) is 7.76. The van der Waals surface area contributed by atoms with E-state index < -0.39 is 20.0 Å². The maximum atomic E-state index is 11.5. The van der Waals surface area contributed by atoms with Gasteiger partial charge in [0.15, 0.2) is 0 Å². The number of aliphatic hydroxyl groups is 1. The Bertz CT molecular complexity index is 996. The number of halogens is 1. The van der Waals surface area contributed by atoms with Gasteiger partial charge in [0.1, 0.15) is 0 Å². The number of benzene rings is 3. The molecule has 1 nitrogen and oxygen atoms in total. The molecule has 0 saturated heterocycles. The molecule has 1 N–H and O–H groups in total. The molecule has 1 atom stereocenters. The van der Waals surface area contributed by atoms with E-state index in [1.165, 1.54) is 23.8 Å². The number of rotatable bonds is 4. The van der Waals surface area contributed by atoms with E-state index in [2.05, 4.69) is 109 Å². The van der Waals surface area contributed by atoms with Gasteiger partial charge in [-0.05, 0) is 0 Å². The minimum atomic E-state index is -3.15. The van der Waals surface area contributed by atoms with E-state index in [0.29, 0.717) is 0 Å². The first-order chi connectivity index (χ1) is 13.4. The average Bonchev–Trinajstić information content (AvgIpc) is 3.05. The molecule has 28 heavy (non-hydrogen) atoms. The summed E-state index contributed by atoms with van der Waals surface area (Å²) in [5, 5.41) is 11.5. The van der Waals surface area contributed by atoms with Crippen LogP contribution in [0.3, 0.4) is 0 Å². The van der Waals surface area contributed by atoms with Crippen molar-refractivity contribution >= 4 is 40.2 Å². The van der Waals surface area contributed by atoms with Gasteiger partial charge in [0, 0.05) is 0 Å². The predicted octanol–water partition coefficient (Wildman–Crippen LogP) is 4.73. The molecule has 0 bridgehead atoms. The molecule has 0 amide bonds. The normalized spacial score (nSPS) is 19.1. The Morgan fingerprint density at radius 1 is 0.857 bits per heavy atom. The van der Waals surface area contributed by atoms with Crippen molar-refractivity contribution in [3.8, 4) is 0 Å². The molecule has 4 rings (SSSR count). The molecule has 0 aromatic heterocycles. The molecule has 3 heteroatoms. The van der Waals surface area contributed by atoms with E-state index in [4.69, 9.17) is 0 Å². The summed E-state index contributed by atoms with van der Waals surface area (Å²) in [6.45, 7) is 4.43. The predicted molar refractivity (Wildman–Crippen MR) is 129 cm³/mol. The van der Waals surface area contributed by atoms with Crippen molar-refractivity contribution in [2.24, 2.45) is 0 Å². The third kappa shape index (κ3) is 3.59. The van der Waals surface area contributed by atoms with Gasteiger partial charge in [0.2, 0.25) is 0 Å². The van der Waals surface area contributed by atoms with Gasteiger partial charge in [0.25, 0.3) is 0 Å². The molecule has 3 aromatic rings. The molecule has 1 unspecified atom stereocenters. The quantitative estimate of drug-likeness (QED) is 0.346. The topological polar surface area (TPSA) is 20.2 Å². The Kier molecular flexibility index (Phi) is 5.73. The van der Waals surface area contributed by atoms with E-state index >= 15 is 0 Å². The number of aryl methyl sites for hydroxylation is 3. The molecular weight excluding hydrogens is 562 g/mol. The SMILES string of the molecule is Cc1cccc[c]1[Sn]([I])(/[CH]=C\C1(O)CCc2ccccc21)[c]1ccccc1C. The standard InChI is InChI=1S/C11H11O.2C7H7.HI.Sn/c1-2-11(12)8-7-9-5-3-4-6-10(9)11;2*1-7-5-3-2-4-6-7;;/h1-6,12H,7-8H2;2*2-5H,1H3;1H;/q;;;;+1/p-1. The van der Waals surface area contributed by atoms with Crippen molar-refractivity contribution < 1.29 is 5.11 Å². The summed E-state index contributed by atoms with van der Waals surface area (Å²) in [7, 11) is 0. The molecular formula is C25H25IOSn. The molecule has 3 aromatic carbocycles. The zero-order chi connectivity index (χ0) is 19.8. The monoisotopic (exact) mass is 588 g/mol. The third-order valence-electron chi connectivity index (χ3n) is 5.92. The van der Waals surface area contributed by atoms with Crippen LogP contribution in [0.5, 0.6) is 0 Å². The van der Waals surface area contributed by atoms with Crippen LogP contribution >= 0.6 is 18.6 Å². The fraction of sp³-hybridized carbons (Fsp3) is 0.200. The Morgan fingerprint density at radius 3 is 2.00 bits per heavy atom. The summed E-state index contributed by atoms with van der Waals surface area (Å²) in [5.74, 6) is 0. The van der Waals surface area contributed by atoms with Gasteiger partial charge in [-0.15, -0.1) is 0 Å². The maximum absolute atomic E-state index is 11.5. The van der Waals surface area contributed by atoms with Crippen LogP contribution in [0.4, 0.5) is 0 Å². The van der Waals surface area contributed by atoms with Crippen molar-refractivity contribution in [3.63, 3.8) is 0 Å². The molecule has 0 saturated carbocycles. The summed E-state index contributed by atoms with van der Waals surface area (Å²) in [5.41, 5.74) is 4.19. The number of fused-ring (bicyclic) bond motifs is 1. The van der Waals surface area contributed by atoms with Crippen LogP contribution in [0.1, 0.15) is 28.7 Å². The Labute approximate surface area is 181 Å². The summed E-state index contributed by atoms with van der Waals surface area (Å²) >= 11 is -0.382. The molecule has 0 spiro atoms. The van der Waals surface area contributed by atoms with Crippen molar-refractivity contribution in [2.45, 2.75) is 32.3 Å². The number of hydrogen-bond donors (Lipinski definition) is 1. The first kappa shape index (κ1) is 20.2. The Balaban J connectivity index is 1.85. The third-order valence-corrected chi connectivity index (χ3v) is 25.6. The van der Waals surface area contributed by atoms with Gasteiger partial charge in [-0.3, -0.25) is 0 Å². The molecule has 0 heterocycles. The first-order valence-corrected chi connectivity index (χ1v) is 22.6. The zero-order valence-corrected chi connectivity index (χ0v) is 21.3. The van der Waals surface area contributed by atoms with Crippen LogP contribution in [0.15, 0.2) is 83.0 Å². The molecule has 0 aliphatic heterocycles. The fourth-order valence-electron chi connectivity index (χ4n) is 4.33. The minimum absolute atomic E-state index is 0.767. The van der Waals surface area contributed by atoms with Crippen molar-refractivity contribution in [2.75, 3.05) is 0 Å². The van der Waals surface area contributed by atoms with Crippen LogP contribution in [0.25, 0.3) is 0 Å². The second kappa shape index (κ2) is 7.96. The summed E-state index contributed by atoms with van der Waals surface area (Å²) < 4.78 is 5.36. The molecule has 1 aliphatic rings. The molecule has 142 valence electrons. The first-order valence-electron chi connectivity index (χ1n) is 9.76. The van der Waals surface area contributed by atoms with Gasteiger partial charge >= 0.3 is 183 Å². The Hall–Kier alpha value is -1.11. The van der Waals surface area contributed by atoms with Crippen LogP contribution < -0.4 is 7.16 Å². The van der Waals surface area contributed by atoms with Crippen LogP contribution in [0, 0.1) is 13.8 Å². The van der Waals surface area contributed by atoms with Gasteiger partial charge < -0.3 is 0 Å². The Morgan fingerprint density at radius 2 is 1.39 bits per heavy atom. The summed E-state index contributed by atoms with van der Waals surface area (Å²) in [6.07, 6.45) is 3.83. The van der Waals surface area contributed by atoms with Crippen molar-refractivity contribution in [1.29, 1.82) is 0 Å². The summed E-state index contributed by atoms with van der Waals surface area (Å²) in [6, 6.07) is 25.9. The van der Waals surface area contributed by atoms with E-state index in [0.717, 1.165) is 18.4 Å². The van der Waals surface area contributed by atoms with Crippen LogP contribution in [-0.2, 0) is 12.0 Å².